The molecule has 0 heterocycles. The van der Waals surface area contributed by atoms with Crippen LogP contribution in [0.1, 0.15) is 104 Å². The summed E-state index contributed by atoms with van der Waals surface area (Å²) < 4.78 is 25.6. The first-order valence-corrected chi connectivity index (χ1v) is 16.3. The number of carbonyl (C=O) groups is 2. The summed E-state index contributed by atoms with van der Waals surface area (Å²) in [5.41, 5.74) is 0. The van der Waals surface area contributed by atoms with Crippen LogP contribution in [0.5, 0.6) is 0 Å². The molecule has 0 bridgehead atoms. The zero-order valence-corrected chi connectivity index (χ0v) is 26.6. The SMILES string of the molecule is CC#CC#CC#CC#CC#CC#CC#CC(=O)OC[C@@H](COP(=O)(O)O)OC(=O)CCCCCCCCCCCCCCC. The largest absolute Gasteiger partial charge is 0.469 e. The number of hydrogen-bond donors (Lipinski definition) is 2. The zero-order valence-electron chi connectivity index (χ0n) is 25.7. The molecule has 0 saturated carbocycles. The molecule has 1 atom stereocenters. The minimum Gasteiger partial charge on any atom is -0.456 e. The van der Waals surface area contributed by atoms with E-state index in [9.17, 15) is 14.2 Å². The van der Waals surface area contributed by atoms with Crippen LogP contribution in [0.25, 0.3) is 0 Å². The second-order valence-corrected chi connectivity index (χ2v) is 10.6. The van der Waals surface area contributed by atoms with Gasteiger partial charge in [0.25, 0.3) is 0 Å². The van der Waals surface area contributed by atoms with E-state index in [-0.39, 0.29) is 6.42 Å². The predicted octanol–water partition coefficient (Wildman–Crippen LogP) is 5.08. The van der Waals surface area contributed by atoms with Crippen LogP contribution >= 0.6 is 7.82 Å². The molecule has 0 aliphatic rings. The van der Waals surface area contributed by atoms with Crippen LogP contribution in [0.2, 0.25) is 0 Å². The van der Waals surface area contributed by atoms with Gasteiger partial charge in [-0.3, -0.25) is 9.32 Å². The van der Waals surface area contributed by atoms with Crippen LogP contribution in [0.15, 0.2) is 0 Å². The maximum Gasteiger partial charge on any atom is 0.469 e. The van der Waals surface area contributed by atoms with E-state index in [0.717, 1.165) is 19.3 Å². The van der Waals surface area contributed by atoms with Crippen molar-refractivity contribution in [2.75, 3.05) is 13.2 Å². The number of phosphoric ester groups is 1. The van der Waals surface area contributed by atoms with Crippen molar-refractivity contribution < 1.29 is 37.9 Å². The molecule has 0 aliphatic carbocycles. The van der Waals surface area contributed by atoms with E-state index in [1.807, 2.05) is 0 Å². The van der Waals surface area contributed by atoms with Crippen LogP contribution in [-0.2, 0) is 28.2 Å². The molecular weight excluding hydrogens is 579 g/mol. The molecule has 0 aromatic heterocycles. The highest BCUT2D eigenvalue weighted by Gasteiger charge is 2.22. The average molecular weight is 621 g/mol. The van der Waals surface area contributed by atoms with E-state index in [1.54, 1.807) is 6.92 Å². The van der Waals surface area contributed by atoms with E-state index >= 15 is 0 Å². The van der Waals surface area contributed by atoms with Crippen molar-refractivity contribution >= 4 is 19.8 Å². The van der Waals surface area contributed by atoms with Crippen LogP contribution < -0.4 is 0 Å². The summed E-state index contributed by atoms with van der Waals surface area (Å²) in [5.74, 6) is 32.3. The molecule has 9 heteroatoms. The Labute approximate surface area is 263 Å². The monoisotopic (exact) mass is 620 g/mol. The smallest absolute Gasteiger partial charge is 0.456 e. The Bertz CT molecular complexity index is 1360. The Balaban J connectivity index is 4.43. The highest BCUT2D eigenvalue weighted by Crippen LogP contribution is 2.35. The van der Waals surface area contributed by atoms with Gasteiger partial charge in [0.1, 0.15) is 6.61 Å². The van der Waals surface area contributed by atoms with Gasteiger partial charge < -0.3 is 19.3 Å². The third-order valence-corrected chi connectivity index (χ3v) is 6.07. The van der Waals surface area contributed by atoms with Crippen molar-refractivity contribution in [3.8, 4) is 82.9 Å². The Kier molecular flexibility index (Phi) is 26.4. The summed E-state index contributed by atoms with van der Waals surface area (Å²) >= 11 is 0. The number of rotatable bonds is 20. The third kappa shape index (κ3) is 30.9. The maximum atomic E-state index is 12.2. The summed E-state index contributed by atoms with van der Waals surface area (Å²) in [6.45, 7) is 2.73. The topological polar surface area (TPSA) is 119 Å². The molecule has 0 amide bonds. The number of carbonyl (C=O) groups excluding carboxylic acids is 2. The van der Waals surface area contributed by atoms with Gasteiger partial charge >= 0.3 is 19.8 Å². The minimum atomic E-state index is -4.82. The van der Waals surface area contributed by atoms with Gasteiger partial charge in [0.2, 0.25) is 0 Å². The molecule has 234 valence electrons. The Morgan fingerprint density at radius 3 is 1.52 bits per heavy atom. The van der Waals surface area contributed by atoms with Crippen molar-refractivity contribution in [1.82, 2.24) is 0 Å². The molecule has 0 rings (SSSR count). The summed E-state index contributed by atoms with van der Waals surface area (Å²) in [6, 6.07) is 0. The summed E-state index contributed by atoms with van der Waals surface area (Å²) in [7, 11) is -4.82. The molecule has 0 fully saturated rings. The second-order valence-electron chi connectivity index (χ2n) is 9.36. The fourth-order valence-electron chi connectivity index (χ4n) is 3.49. The van der Waals surface area contributed by atoms with Gasteiger partial charge in [-0.15, -0.1) is 0 Å². The number of ether oxygens (including phenoxy) is 2. The van der Waals surface area contributed by atoms with Crippen molar-refractivity contribution in [2.45, 2.75) is 110 Å². The lowest BCUT2D eigenvalue weighted by molar-refractivity contribution is -0.158. The minimum absolute atomic E-state index is 0.133. The maximum absolute atomic E-state index is 12.2. The van der Waals surface area contributed by atoms with Crippen molar-refractivity contribution in [1.29, 1.82) is 0 Å². The highest BCUT2D eigenvalue weighted by molar-refractivity contribution is 7.46. The molecule has 0 aromatic carbocycles. The molecule has 44 heavy (non-hydrogen) atoms. The molecule has 0 aromatic rings. The number of hydrogen-bond acceptors (Lipinski definition) is 6. The van der Waals surface area contributed by atoms with Gasteiger partial charge in [0.15, 0.2) is 6.10 Å². The summed E-state index contributed by atoms with van der Waals surface area (Å²) in [4.78, 5) is 42.0. The summed E-state index contributed by atoms with van der Waals surface area (Å²) in [6.07, 6.45) is 14.1. The standard InChI is InChI=1S/C35H41O8P/c1-3-5-7-9-11-13-15-17-19-21-23-25-27-29-34(36)41-31-33(32-42-44(38,39)40)43-35(37)30-28-26-24-22-20-18-16-14-12-10-8-6-4-2/h33H,4,6,8,10,12,14,16,18,20,22,24,26,28,30-32H2,1-2H3,(H2,38,39,40)/t33-/m0/s1. The number of phosphoric acid groups is 1. The quantitative estimate of drug-likeness (QED) is 0.0637. The van der Waals surface area contributed by atoms with Gasteiger partial charge in [-0.25, -0.2) is 9.36 Å². The lowest BCUT2D eigenvalue weighted by atomic mass is 10.0. The van der Waals surface area contributed by atoms with Crippen molar-refractivity contribution in [3.05, 3.63) is 0 Å². The van der Waals surface area contributed by atoms with Crippen LogP contribution in [0.4, 0.5) is 0 Å². The van der Waals surface area contributed by atoms with E-state index < -0.39 is 39.1 Å². The van der Waals surface area contributed by atoms with Gasteiger partial charge in [-0.1, -0.05) is 89.9 Å². The van der Waals surface area contributed by atoms with Gasteiger partial charge in [-0.05, 0) is 84.4 Å². The first-order valence-electron chi connectivity index (χ1n) is 14.8. The van der Waals surface area contributed by atoms with E-state index in [1.165, 1.54) is 57.8 Å². The molecular formula is C35H41O8P. The fourth-order valence-corrected chi connectivity index (χ4v) is 3.85. The highest BCUT2D eigenvalue weighted by atomic mass is 31.2. The van der Waals surface area contributed by atoms with Crippen LogP contribution in [0.3, 0.4) is 0 Å². The molecule has 2 N–H and O–H groups in total. The fraction of sp³-hybridized carbons (Fsp3) is 0.543. The normalized spacial score (nSPS) is 9.82. The third-order valence-electron chi connectivity index (χ3n) is 5.59. The summed E-state index contributed by atoms with van der Waals surface area (Å²) in [5, 5.41) is 0. The first-order chi connectivity index (χ1) is 21.3. The Morgan fingerprint density at radius 2 is 1.07 bits per heavy atom. The molecule has 8 nitrogen and oxygen atoms in total. The van der Waals surface area contributed by atoms with Crippen molar-refractivity contribution in [3.63, 3.8) is 0 Å². The average Bonchev–Trinajstić information content (AvgIpc) is 2.98. The molecule has 0 radical (unpaired) electrons. The van der Waals surface area contributed by atoms with Crippen LogP contribution in [-0.4, -0.2) is 41.0 Å². The Hall–Kier alpha value is -4.03. The number of unbranched alkanes of at least 4 members (excludes halogenated alkanes) is 12. The molecule has 0 unspecified atom stereocenters. The molecule has 0 aliphatic heterocycles. The molecule has 0 saturated heterocycles. The zero-order chi connectivity index (χ0) is 32.6. The van der Waals surface area contributed by atoms with Gasteiger partial charge in [0, 0.05) is 12.3 Å². The van der Waals surface area contributed by atoms with Crippen LogP contribution in [0, 0.1) is 82.9 Å². The Morgan fingerprint density at radius 1 is 0.636 bits per heavy atom. The van der Waals surface area contributed by atoms with Gasteiger partial charge in [0.05, 0.1) is 6.61 Å². The van der Waals surface area contributed by atoms with E-state index in [4.69, 9.17) is 19.3 Å². The molecule has 0 spiro atoms. The van der Waals surface area contributed by atoms with Gasteiger partial charge in [-0.2, -0.15) is 0 Å². The van der Waals surface area contributed by atoms with E-state index in [0.29, 0.717) is 6.42 Å². The second kappa shape index (κ2) is 29.1. The lowest BCUT2D eigenvalue weighted by Gasteiger charge is -2.17. The predicted molar refractivity (Wildman–Crippen MR) is 169 cm³/mol. The first kappa shape index (κ1) is 40.0. The van der Waals surface area contributed by atoms with E-state index in [2.05, 4.69) is 94.3 Å². The van der Waals surface area contributed by atoms with Crippen molar-refractivity contribution in [2.24, 2.45) is 0 Å². The lowest BCUT2D eigenvalue weighted by Crippen LogP contribution is -2.29. The number of esters is 2.